The second-order valence-electron chi connectivity index (χ2n) is 7.63. The number of nitriles is 1. The number of thioether (sulfide) groups is 1. The fourth-order valence-corrected chi connectivity index (χ4v) is 5.19. The van der Waals surface area contributed by atoms with Crippen molar-refractivity contribution in [1.29, 1.82) is 5.26 Å². The Kier molecular flexibility index (Phi) is 5.80. The van der Waals surface area contributed by atoms with Gasteiger partial charge in [0.05, 0.1) is 28.2 Å². The van der Waals surface area contributed by atoms with Crippen LogP contribution in [-0.4, -0.2) is 16.5 Å². The predicted molar refractivity (Wildman–Crippen MR) is 121 cm³/mol. The number of non-ortho nitro benzene ring substituents is 1. The van der Waals surface area contributed by atoms with Gasteiger partial charge in [0, 0.05) is 35.4 Å². The van der Waals surface area contributed by atoms with Crippen molar-refractivity contribution in [1.82, 2.24) is 0 Å². The quantitative estimate of drug-likeness (QED) is 0.387. The minimum Gasteiger partial charge on any atom is -0.455 e. The first kappa shape index (κ1) is 21.7. The van der Waals surface area contributed by atoms with Crippen molar-refractivity contribution < 1.29 is 14.1 Å². The van der Waals surface area contributed by atoms with E-state index in [4.69, 9.17) is 10.2 Å². The van der Waals surface area contributed by atoms with Crippen molar-refractivity contribution >= 4 is 28.9 Å². The fourth-order valence-electron chi connectivity index (χ4n) is 4.40. The molecular formula is C23H22N4O4S. The smallest absolute Gasteiger partial charge is 0.271 e. The molecule has 164 valence electrons. The van der Waals surface area contributed by atoms with Crippen LogP contribution in [-0.2, 0) is 4.79 Å². The van der Waals surface area contributed by atoms with E-state index >= 15 is 0 Å². The first-order valence-electron chi connectivity index (χ1n) is 10.3. The van der Waals surface area contributed by atoms with Crippen LogP contribution in [0.25, 0.3) is 0 Å². The highest BCUT2D eigenvalue weighted by molar-refractivity contribution is 7.99. The third kappa shape index (κ3) is 3.56. The van der Waals surface area contributed by atoms with E-state index in [1.54, 1.807) is 17.0 Å². The average Bonchev–Trinajstić information content (AvgIpc) is 3.13. The molecule has 0 spiro atoms. The van der Waals surface area contributed by atoms with Gasteiger partial charge in [-0.15, -0.1) is 0 Å². The van der Waals surface area contributed by atoms with Gasteiger partial charge in [0.1, 0.15) is 11.6 Å². The maximum atomic E-state index is 13.2. The van der Waals surface area contributed by atoms with Gasteiger partial charge in [0.2, 0.25) is 0 Å². The van der Waals surface area contributed by atoms with Gasteiger partial charge in [-0.05, 0) is 37.7 Å². The molecule has 2 aromatic rings. The van der Waals surface area contributed by atoms with Crippen molar-refractivity contribution in [2.45, 2.75) is 44.1 Å². The monoisotopic (exact) mass is 450 g/mol. The van der Waals surface area contributed by atoms with E-state index in [1.165, 1.54) is 23.9 Å². The lowest BCUT2D eigenvalue weighted by Gasteiger charge is -2.39. The number of rotatable bonds is 5. The van der Waals surface area contributed by atoms with Crippen LogP contribution < -0.4 is 10.6 Å². The van der Waals surface area contributed by atoms with Gasteiger partial charge in [-0.25, -0.2) is 0 Å². The molecule has 8 nitrogen and oxygen atoms in total. The second kappa shape index (κ2) is 8.55. The number of ketones is 1. The molecular weight excluding hydrogens is 428 g/mol. The number of Topliss-reactive ketones (excluding diaryl/α,β-unsaturated/α-hetero) is 1. The summed E-state index contributed by atoms with van der Waals surface area (Å²) in [5, 5.41) is 22.1. The molecule has 1 aromatic carbocycles. The third-order valence-electron chi connectivity index (χ3n) is 5.65. The van der Waals surface area contributed by atoms with Crippen molar-refractivity contribution in [2.24, 2.45) is 5.73 Å². The van der Waals surface area contributed by atoms with Gasteiger partial charge in [0.25, 0.3) is 5.69 Å². The van der Waals surface area contributed by atoms with Gasteiger partial charge in [-0.1, -0.05) is 24.8 Å². The Morgan fingerprint density at radius 1 is 1.38 bits per heavy atom. The van der Waals surface area contributed by atoms with Crippen LogP contribution in [0.3, 0.4) is 0 Å². The largest absolute Gasteiger partial charge is 0.455 e. The molecule has 1 aliphatic carbocycles. The topological polar surface area (TPSA) is 126 Å². The normalized spacial score (nSPS) is 18.6. The maximum absolute atomic E-state index is 13.2. The number of nitrogens with two attached hydrogens (primary N) is 1. The Hall–Kier alpha value is -3.51. The number of carbonyl (C=O) groups is 1. The van der Waals surface area contributed by atoms with Crippen LogP contribution in [0, 0.1) is 28.4 Å². The predicted octanol–water partition coefficient (Wildman–Crippen LogP) is 4.91. The number of nitro benzene ring substituents is 1. The van der Waals surface area contributed by atoms with Gasteiger partial charge in [-0.2, -0.15) is 5.26 Å². The summed E-state index contributed by atoms with van der Waals surface area (Å²) in [4.78, 5) is 25.7. The minimum atomic E-state index is -0.621. The van der Waals surface area contributed by atoms with Crippen LogP contribution >= 0.6 is 11.8 Å². The zero-order chi connectivity index (χ0) is 23.0. The molecule has 1 unspecified atom stereocenters. The second-order valence-corrected chi connectivity index (χ2v) is 8.86. The molecule has 1 aromatic heterocycles. The molecule has 2 aliphatic rings. The lowest BCUT2D eigenvalue weighted by molar-refractivity contribution is -0.384. The Morgan fingerprint density at radius 3 is 2.84 bits per heavy atom. The molecule has 0 saturated heterocycles. The first-order chi connectivity index (χ1) is 15.4. The van der Waals surface area contributed by atoms with Crippen molar-refractivity contribution in [3.05, 3.63) is 74.4 Å². The van der Waals surface area contributed by atoms with E-state index in [0.29, 0.717) is 47.1 Å². The number of nitro groups is 1. The summed E-state index contributed by atoms with van der Waals surface area (Å²) in [6.45, 7) is 3.83. The number of aryl methyl sites for hydroxylation is 1. The third-order valence-corrected chi connectivity index (χ3v) is 6.52. The molecule has 2 N–H and O–H groups in total. The Labute approximate surface area is 189 Å². The van der Waals surface area contributed by atoms with Gasteiger partial charge >= 0.3 is 0 Å². The molecule has 4 rings (SSSR count). The number of nitrogens with zero attached hydrogens (tertiary/aromatic N) is 3. The Bertz CT molecular complexity index is 1220. The summed E-state index contributed by atoms with van der Waals surface area (Å²) in [5.74, 6) is 0.978. The summed E-state index contributed by atoms with van der Waals surface area (Å²) >= 11 is 1.51. The fraction of sp³-hybridized carbons (Fsp3) is 0.304. The highest BCUT2D eigenvalue weighted by atomic mass is 32.2. The molecule has 9 heteroatoms. The molecule has 1 aliphatic heterocycles. The van der Waals surface area contributed by atoms with Gasteiger partial charge in [-0.3, -0.25) is 19.8 Å². The molecule has 2 heterocycles. The minimum absolute atomic E-state index is 0.0433. The van der Waals surface area contributed by atoms with E-state index in [9.17, 15) is 20.2 Å². The summed E-state index contributed by atoms with van der Waals surface area (Å²) < 4.78 is 5.87. The van der Waals surface area contributed by atoms with E-state index in [0.717, 1.165) is 11.3 Å². The molecule has 1 atom stereocenters. The number of benzene rings is 1. The SMILES string of the molecule is CCSc1oc(C)cc1C1C(C#N)=C(N)N(c2cccc([N+](=O)[O-])c2)C2=C1C(=O)CCC2. The van der Waals surface area contributed by atoms with Crippen LogP contribution in [0.1, 0.15) is 43.4 Å². The number of hydrogen-bond acceptors (Lipinski definition) is 8. The molecule has 0 fully saturated rings. The molecule has 0 bridgehead atoms. The van der Waals surface area contributed by atoms with E-state index in [1.807, 2.05) is 19.9 Å². The highest BCUT2D eigenvalue weighted by Crippen LogP contribution is 2.49. The van der Waals surface area contributed by atoms with Crippen LogP contribution in [0.2, 0.25) is 0 Å². The number of carbonyl (C=O) groups excluding carboxylic acids is 1. The first-order valence-corrected chi connectivity index (χ1v) is 11.3. The summed E-state index contributed by atoms with van der Waals surface area (Å²) in [7, 11) is 0. The van der Waals surface area contributed by atoms with E-state index < -0.39 is 10.8 Å². The summed E-state index contributed by atoms with van der Waals surface area (Å²) in [5.41, 5.74) is 9.11. The lowest BCUT2D eigenvalue weighted by Crippen LogP contribution is -2.38. The molecule has 0 saturated carbocycles. The number of hydrogen-bond donors (Lipinski definition) is 1. The highest BCUT2D eigenvalue weighted by Gasteiger charge is 2.42. The van der Waals surface area contributed by atoms with Crippen molar-refractivity contribution in [3.8, 4) is 6.07 Å². The molecule has 0 amide bonds. The number of anilines is 1. The van der Waals surface area contributed by atoms with Crippen LogP contribution in [0.5, 0.6) is 0 Å². The summed E-state index contributed by atoms with van der Waals surface area (Å²) in [6, 6.07) is 10.1. The standard InChI is InChI=1S/C23H22N4O4S/c1-3-32-23-16(10-13(2)31-23)20-17(12-24)22(25)26(18-8-5-9-19(28)21(18)20)14-6-4-7-15(11-14)27(29)30/h4,6-7,10-11,20H,3,5,8-9,25H2,1-2H3. The Morgan fingerprint density at radius 2 is 2.16 bits per heavy atom. The van der Waals surface area contributed by atoms with Gasteiger partial charge < -0.3 is 10.2 Å². The zero-order valence-electron chi connectivity index (χ0n) is 17.8. The summed E-state index contributed by atoms with van der Waals surface area (Å²) in [6.07, 6.45) is 1.60. The van der Waals surface area contributed by atoms with E-state index in [2.05, 4.69) is 6.07 Å². The zero-order valence-corrected chi connectivity index (χ0v) is 18.6. The van der Waals surface area contributed by atoms with Crippen LogP contribution in [0.15, 0.2) is 62.5 Å². The lowest BCUT2D eigenvalue weighted by atomic mass is 9.76. The van der Waals surface area contributed by atoms with Gasteiger partial charge in [0.15, 0.2) is 10.9 Å². The van der Waals surface area contributed by atoms with Crippen molar-refractivity contribution in [3.63, 3.8) is 0 Å². The molecule has 0 radical (unpaired) electrons. The van der Waals surface area contributed by atoms with Crippen molar-refractivity contribution in [2.75, 3.05) is 10.7 Å². The Balaban J connectivity index is 1.97. The number of furan rings is 1. The average molecular weight is 451 g/mol. The molecule has 32 heavy (non-hydrogen) atoms. The number of allylic oxidation sites excluding steroid dienone is 3. The van der Waals surface area contributed by atoms with Crippen LogP contribution in [0.4, 0.5) is 11.4 Å². The van der Waals surface area contributed by atoms with E-state index in [-0.39, 0.29) is 22.9 Å². The maximum Gasteiger partial charge on any atom is 0.271 e.